The molecule has 1 saturated carbocycles. The summed E-state index contributed by atoms with van der Waals surface area (Å²) in [6.07, 6.45) is 8.13. The summed E-state index contributed by atoms with van der Waals surface area (Å²) in [6, 6.07) is 0.730. The molecule has 1 aromatic heterocycles. The van der Waals surface area contributed by atoms with E-state index >= 15 is 0 Å². The van der Waals surface area contributed by atoms with Crippen LogP contribution in [0.5, 0.6) is 0 Å². The maximum atomic E-state index is 4.28. The van der Waals surface area contributed by atoms with Crippen LogP contribution in [0.25, 0.3) is 0 Å². The molecule has 1 heterocycles. The van der Waals surface area contributed by atoms with Crippen molar-refractivity contribution in [2.24, 2.45) is 13.0 Å². The molecule has 90 valence electrons. The summed E-state index contributed by atoms with van der Waals surface area (Å²) in [5.74, 6) is 1.83. The molecular formula is C12H22N4. The normalized spacial score (nSPS) is 25.1. The van der Waals surface area contributed by atoms with Crippen LogP contribution < -0.4 is 5.32 Å². The largest absolute Gasteiger partial charge is 0.313 e. The number of hydrogen-bond donors (Lipinski definition) is 1. The predicted octanol–water partition coefficient (Wildman–Crippen LogP) is 1.53. The first-order valence-corrected chi connectivity index (χ1v) is 6.37. The van der Waals surface area contributed by atoms with Gasteiger partial charge in [0.2, 0.25) is 0 Å². The third-order valence-corrected chi connectivity index (χ3v) is 3.59. The summed E-state index contributed by atoms with van der Waals surface area (Å²) in [5.41, 5.74) is 0. The molecule has 4 heteroatoms. The van der Waals surface area contributed by atoms with E-state index in [0.717, 1.165) is 30.7 Å². The van der Waals surface area contributed by atoms with Crippen molar-refractivity contribution < 1.29 is 0 Å². The Labute approximate surface area is 97.5 Å². The van der Waals surface area contributed by atoms with Crippen molar-refractivity contribution in [1.29, 1.82) is 0 Å². The van der Waals surface area contributed by atoms with Crippen molar-refractivity contribution in [3.05, 3.63) is 12.2 Å². The quantitative estimate of drug-likeness (QED) is 0.821. The number of hydrogen-bond acceptors (Lipinski definition) is 3. The monoisotopic (exact) mass is 222 g/mol. The van der Waals surface area contributed by atoms with Gasteiger partial charge in [-0.05, 0) is 18.8 Å². The van der Waals surface area contributed by atoms with Gasteiger partial charge in [0, 0.05) is 26.1 Å². The zero-order chi connectivity index (χ0) is 11.4. The highest BCUT2D eigenvalue weighted by Gasteiger charge is 2.24. The molecule has 2 atom stereocenters. The van der Waals surface area contributed by atoms with Gasteiger partial charge in [-0.25, -0.2) is 4.98 Å². The summed E-state index contributed by atoms with van der Waals surface area (Å²) in [7, 11) is 1.91. The Morgan fingerprint density at radius 3 is 3.06 bits per heavy atom. The molecule has 0 spiro atoms. The Morgan fingerprint density at radius 2 is 2.38 bits per heavy atom. The molecule has 2 rings (SSSR count). The molecular weight excluding hydrogens is 200 g/mol. The molecule has 1 aliphatic rings. The van der Waals surface area contributed by atoms with E-state index in [0.29, 0.717) is 0 Å². The summed E-state index contributed by atoms with van der Waals surface area (Å²) in [5, 5.41) is 7.93. The molecule has 0 saturated heterocycles. The third-order valence-electron chi connectivity index (χ3n) is 3.59. The zero-order valence-electron chi connectivity index (χ0n) is 10.3. The average Bonchev–Trinajstić information content (AvgIpc) is 2.87. The zero-order valence-corrected chi connectivity index (χ0v) is 10.3. The highest BCUT2D eigenvalue weighted by Crippen LogP contribution is 2.27. The molecule has 1 fully saturated rings. The van der Waals surface area contributed by atoms with Gasteiger partial charge in [-0.15, -0.1) is 0 Å². The van der Waals surface area contributed by atoms with E-state index in [9.17, 15) is 0 Å². The smallest absolute Gasteiger partial charge is 0.151 e. The molecule has 0 radical (unpaired) electrons. The summed E-state index contributed by atoms with van der Waals surface area (Å²) in [4.78, 5) is 4.23. The minimum absolute atomic E-state index is 0.730. The Kier molecular flexibility index (Phi) is 3.93. The predicted molar refractivity (Wildman–Crippen MR) is 64.1 cm³/mol. The fourth-order valence-corrected chi connectivity index (χ4v) is 2.66. The van der Waals surface area contributed by atoms with Gasteiger partial charge in [-0.1, -0.05) is 19.8 Å². The minimum Gasteiger partial charge on any atom is -0.313 e. The van der Waals surface area contributed by atoms with E-state index in [1.54, 1.807) is 11.0 Å². The van der Waals surface area contributed by atoms with Crippen molar-refractivity contribution >= 4 is 0 Å². The van der Waals surface area contributed by atoms with Crippen LogP contribution in [0.3, 0.4) is 0 Å². The van der Waals surface area contributed by atoms with Crippen LogP contribution in [0.2, 0.25) is 0 Å². The molecule has 1 aromatic rings. The maximum Gasteiger partial charge on any atom is 0.151 e. The summed E-state index contributed by atoms with van der Waals surface area (Å²) in [6.45, 7) is 3.30. The van der Waals surface area contributed by atoms with Crippen LogP contribution >= 0.6 is 0 Å². The van der Waals surface area contributed by atoms with Crippen molar-refractivity contribution in [2.75, 3.05) is 6.54 Å². The Balaban J connectivity index is 1.71. The molecule has 16 heavy (non-hydrogen) atoms. The Morgan fingerprint density at radius 1 is 1.50 bits per heavy atom. The fourth-order valence-electron chi connectivity index (χ4n) is 2.66. The molecule has 0 aromatic carbocycles. The standard InChI is InChI=1S/C12H22N4/c1-3-10-5-4-6-11(10)13-8-7-12-14-9-16(2)15-12/h9-11,13H,3-8H2,1-2H3. The highest BCUT2D eigenvalue weighted by atomic mass is 15.3. The third kappa shape index (κ3) is 2.82. The number of aryl methyl sites for hydroxylation is 1. The lowest BCUT2D eigenvalue weighted by molar-refractivity contribution is 0.392. The van der Waals surface area contributed by atoms with Gasteiger partial charge < -0.3 is 5.32 Å². The van der Waals surface area contributed by atoms with E-state index < -0.39 is 0 Å². The Hall–Kier alpha value is -0.900. The van der Waals surface area contributed by atoms with Gasteiger partial charge in [0.1, 0.15) is 6.33 Å². The van der Waals surface area contributed by atoms with Crippen molar-refractivity contribution in [1.82, 2.24) is 20.1 Å². The lowest BCUT2D eigenvalue weighted by atomic mass is 10.0. The van der Waals surface area contributed by atoms with Gasteiger partial charge >= 0.3 is 0 Å². The first-order valence-electron chi connectivity index (χ1n) is 6.37. The summed E-state index contributed by atoms with van der Waals surface area (Å²) >= 11 is 0. The number of nitrogens with one attached hydrogen (secondary N) is 1. The minimum atomic E-state index is 0.730. The van der Waals surface area contributed by atoms with E-state index in [1.807, 2.05) is 7.05 Å². The molecule has 0 amide bonds. The van der Waals surface area contributed by atoms with Gasteiger partial charge in [0.25, 0.3) is 0 Å². The average molecular weight is 222 g/mol. The number of rotatable bonds is 5. The molecule has 4 nitrogen and oxygen atoms in total. The fraction of sp³-hybridized carbons (Fsp3) is 0.833. The van der Waals surface area contributed by atoms with Crippen molar-refractivity contribution in [3.63, 3.8) is 0 Å². The van der Waals surface area contributed by atoms with Crippen LogP contribution in [0.15, 0.2) is 6.33 Å². The molecule has 0 aliphatic heterocycles. The van der Waals surface area contributed by atoms with Crippen LogP contribution in [-0.4, -0.2) is 27.4 Å². The second-order valence-corrected chi connectivity index (χ2v) is 4.74. The van der Waals surface area contributed by atoms with E-state index in [1.165, 1.54) is 25.7 Å². The van der Waals surface area contributed by atoms with E-state index in [4.69, 9.17) is 0 Å². The second kappa shape index (κ2) is 5.43. The van der Waals surface area contributed by atoms with Crippen LogP contribution in [0, 0.1) is 5.92 Å². The van der Waals surface area contributed by atoms with Gasteiger partial charge in [-0.2, -0.15) is 5.10 Å². The number of nitrogens with zero attached hydrogens (tertiary/aromatic N) is 3. The topological polar surface area (TPSA) is 42.7 Å². The molecule has 1 N–H and O–H groups in total. The van der Waals surface area contributed by atoms with Gasteiger partial charge in [-0.3, -0.25) is 4.68 Å². The van der Waals surface area contributed by atoms with Crippen molar-refractivity contribution in [3.8, 4) is 0 Å². The highest BCUT2D eigenvalue weighted by molar-refractivity contribution is 4.86. The summed E-state index contributed by atoms with van der Waals surface area (Å²) < 4.78 is 1.76. The van der Waals surface area contributed by atoms with E-state index in [-0.39, 0.29) is 0 Å². The van der Waals surface area contributed by atoms with E-state index in [2.05, 4.69) is 22.3 Å². The second-order valence-electron chi connectivity index (χ2n) is 4.74. The van der Waals surface area contributed by atoms with Crippen LogP contribution in [0.1, 0.15) is 38.4 Å². The Bertz CT molecular complexity index is 321. The van der Waals surface area contributed by atoms with Crippen LogP contribution in [-0.2, 0) is 13.5 Å². The first kappa shape index (κ1) is 11.6. The molecule has 0 bridgehead atoms. The maximum absolute atomic E-state index is 4.28. The lowest BCUT2D eigenvalue weighted by Crippen LogP contribution is -2.33. The SMILES string of the molecule is CCC1CCCC1NCCc1ncn(C)n1. The number of aromatic nitrogens is 3. The first-order chi connectivity index (χ1) is 7.79. The van der Waals surface area contributed by atoms with Gasteiger partial charge in [0.05, 0.1) is 0 Å². The van der Waals surface area contributed by atoms with Gasteiger partial charge in [0.15, 0.2) is 5.82 Å². The molecule has 2 unspecified atom stereocenters. The lowest BCUT2D eigenvalue weighted by Gasteiger charge is -2.19. The van der Waals surface area contributed by atoms with Crippen molar-refractivity contribution in [2.45, 2.75) is 45.1 Å². The van der Waals surface area contributed by atoms with Crippen LogP contribution in [0.4, 0.5) is 0 Å². The molecule has 1 aliphatic carbocycles.